The Kier molecular flexibility index (Phi) is 5.53. The number of nitrogens with one attached hydrogen (secondary N) is 1. The molecule has 1 aromatic heterocycles. The number of amides is 1. The van der Waals surface area contributed by atoms with Gasteiger partial charge in [0.25, 0.3) is 5.91 Å². The standard InChI is InChI=1S/C20H20N2O3S/c1-13-4-9-17(14(2)10-13)18-12-26-20(21-18)22-19(23)11-25-16-7-5-15(24-3)6-8-16/h4-10,12H,11H2,1-3H3,(H,21,22,23). The van der Waals surface area contributed by atoms with Crippen molar-refractivity contribution in [3.05, 3.63) is 59.0 Å². The Morgan fingerprint density at radius 2 is 1.85 bits per heavy atom. The van der Waals surface area contributed by atoms with Crippen molar-refractivity contribution >= 4 is 22.4 Å². The number of benzene rings is 2. The quantitative estimate of drug-likeness (QED) is 0.698. The van der Waals surface area contributed by atoms with Gasteiger partial charge in [0.05, 0.1) is 12.8 Å². The van der Waals surface area contributed by atoms with Gasteiger partial charge in [0.2, 0.25) is 0 Å². The van der Waals surface area contributed by atoms with E-state index in [1.807, 2.05) is 5.38 Å². The highest BCUT2D eigenvalue weighted by Crippen LogP contribution is 2.28. The van der Waals surface area contributed by atoms with Gasteiger partial charge in [-0.15, -0.1) is 11.3 Å². The molecule has 1 N–H and O–H groups in total. The summed E-state index contributed by atoms with van der Waals surface area (Å²) < 4.78 is 10.6. The molecule has 0 saturated carbocycles. The fourth-order valence-corrected chi connectivity index (χ4v) is 3.26. The van der Waals surface area contributed by atoms with Gasteiger partial charge >= 0.3 is 0 Å². The first-order valence-corrected chi connectivity index (χ1v) is 9.03. The predicted molar refractivity (Wildman–Crippen MR) is 104 cm³/mol. The Hall–Kier alpha value is -2.86. The second kappa shape index (κ2) is 8.01. The van der Waals surface area contributed by atoms with E-state index in [1.54, 1.807) is 31.4 Å². The summed E-state index contributed by atoms with van der Waals surface area (Å²) in [5.74, 6) is 1.10. The monoisotopic (exact) mass is 368 g/mol. The van der Waals surface area contributed by atoms with Crippen molar-refractivity contribution in [2.24, 2.45) is 0 Å². The Morgan fingerprint density at radius 1 is 1.12 bits per heavy atom. The second-order valence-electron chi connectivity index (χ2n) is 5.87. The van der Waals surface area contributed by atoms with E-state index in [0.717, 1.165) is 22.6 Å². The summed E-state index contributed by atoms with van der Waals surface area (Å²) in [6.07, 6.45) is 0. The van der Waals surface area contributed by atoms with E-state index in [9.17, 15) is 4.79 Å². The molecule has 0 aliphatic rings. The number of ether oxygens (including phenoxy) is 2. The molecule has 0 atom stereocenters. The van der Waals surface area contributed by atoms with Crippen LogP contribution in [0.3, 0.4) is 0 Å². The normalized spacial score (nSPS) is 10.4. The Bertz CT molecular complexity index is 904. The number of hydrogen-bond acceptors (Lipinski definition) is 5. The van der Waals surface area contributed by atoms with Crippen LogP contribution in [0, 0.1) is 13.8 Å². The molecule has 0 aliphatic heterocycles. The van der Waals surface area contributed by atoms with Gasteiger partial charge in [0, 0.05) is 10.9 Å². The zero-order chi connectivity index (χ0) is 18.5. The molecular formula is C20H20N2O3S. The maximum Gasteiger partial charge on any atom is 0.264 e. The number of rotatable bonds is 6. The third kappa shape index (κ3) is 4.40. The lowest BCUT2D eigenvalue weighted by Gasteiger charge is -2.06. The largest absolute Gasteiger partial charge is 0.497 e. The average molecular weight is 368 g/mol. The molecule has 3 rings (SSSR count). The van der Waals surface area contributed by atoms with Crippen molar-refractivity contribution in [3.8, 4) is 22.8 Å². The van der Waals surface area contributed by atoms with Gasteiger partial charge in [0.1, 0.15) is 11.5 Å². The van der Waals surface area contributed by atoms with Crippen molar-refractivity contribution in [2.45, 2.75) is 13.8 Å². The van der Waals surface area contributed by atoms with E-state index in [4.69, 9.17) is 9.47 Å². The van der Waals surface area contributed by atoms with E-state index in [0.29, 0.717) is 10.9 Å². The summed E-state index contributed by atoms with van der Waals surface area (Å²) in [5, 5.41) is 5.28. The van der Waals surface area contributed by atoms with Crippen molar-refractivity contribution in [1.29, 1.82) is 0 Å². The number of hydrogen-bond donors (Lipinski definition) is 1. The van der Waals surface area contributed by atoms with E-state index < -0.39 is 0 Å². The minimum atomic E-state index is -0.248. The maximum absolute atomic E-state index is 12.1. The highest BCUT2D eigenvalue weighted by Gasteiger charge is 2.10. The number of carbonyl (C=O) groups is 1. The van der Waals surface area contributed by atoms with Gasteiger partial charge in [-0.25, -0.2) is 4.98 Å². The van der Waals surface area contributed by atoms with Crippen molar-refractivity contribution in [1.82, 2.24) is 4.98 Å². The summed E-state index contributed by atoms with van der Waals surface area (Å²) in [4.78, 5) is 16.6. The lowest BCUT2D eigenvalue weighted by molar-refractivity contribution is -0.118. The first kappa shape index (κ1) is 17.9. The van der Waals surface area contributed by atoms with Crippen molar-refractivity contribution in [2.75, 3.05) is 19.0 Å². The maximum atomic E-state index is 12.1. The van der Waals surface area contributed by atoms with Crippen molar-refractivity contribution in [3.63, 3.8) is 0 Å². The van der Waals surface area contributed by atoms with Gasteiger partial charge in [-0.3, -0.25) is 10.1 Å². The van der Waals surface area contributed by atoms with Crippen LogP contribution in [0.15, 0.2) is 47.8 Å². The van der Waals surface area contributed by atoms with Crippen LogP contribution in [0.4, 0.5) is 5.13 Å². The number of thiazole rings is 1. The minimum Gasteiger partial charge on any atom is -0.497 e. The summed E-state index contributed by atoms with van der Waals surface area (Å²) in [6, 6.07) is 13.3. The molecule has 134 valence electrons. The zero-order valence-electron chi connectivity index (χ0n) is 14.9. The number of carbonyl (C=O) groups excluding carboxylic acids is 1. The van der Waals surface area contributed by atoms with Crippen LogP contribution in [0.2, 0.25) is 0 Å². The summed E-state index contributed by atoms with van der Waals surface area (Å²) >= 11 is 1.40. The lowest BCUT2D eigenvalue weighted by Crippen LogP contribution is -2.20. The highest BCUT2D eigenvalue weighted by molar-refractivity contribution is 7.14. The van der Waals surface area contributed by atoms with E-state index in [1.165, 1.54) is 16.9 Å². The zero-order valence-corrected chi connectivity index (χ0v) is 15.7. The van der Waals surface area contributed by atoms with Gasteiger partial charge in [-0.1, -0.05) is 23.8 Å². The van der Waals surface area contributed by atoms with Gasteiger partial charge in [-0.05, 0) is 43.7 Å². The van der Waals surface area contributed by atoms with Crippen LogP contribution >= 0.6 is 11.3 Å². The molecule has 2 aromatic carbocycles. The number of anilines is 1. The van der Waals surface area contributed by atoms with Crippen LogP contribution in [-0.2, 0) is 4.79 Å². The van der Waals surface area contributed by atoms with Crippen LogP contribution in [0.5, 0.6) is 11.5 Å². The molecule has 0 saturated heterocycles. The summed E-state index contributed by atoms with van der Waals surface area (Å²) in [6.45, 7) is 4.04. The van der Waals surface area contributed by atoms with Crippen molar-refractivity contribution < 1.29 is 14.3 Å². The van der Waals surface area contributed by atoms with E-state index >= 15 is 0 Å². The number of aromatic nitrogens is 1. The SMILES string of the molecule is COc1ccc(OCC(=O)Nc2nc(-c3ccc(C)cc3C)cs2)cc1. The second-order valence-corrected chi connectivity index (χ2v) is 6.73. The summed E-state index contributed by atoms with van der Waals surface area (Å²) in [7, 11) is 1.60. The first-order chi connectivity index (χ1) is 12.5. The molecule has 6 heteroatoms. The molecular weight excluding hydrogens is 348 g/mol. The third-order valence-corrected chi connectivity index (χ3v) is 4.60. The van der Waals surface area contributed by atoms with E-state index in [-0.39, 0.29) is 12.5 Å². The molecule has 26 heavy (non-hydrogen) atoms. The summed E-state index contributed by atoms with van der Waals surface area (Å²) in [5.41, 5.74) is 4.31. The van der Waals surface area contributed by atoms with Crippen LogP contribution in [0.25, 0.3) is 11.3 Å². The number of nitrogens with zero attached hydrogens (tertiary/aromatic N) is 1. The molecule has 1 heterocycles. The molecule has 0 radical (unpaired) electrons. The first-order valence-electron chi connectivity index (χ1n) is 8.15. The molecule has 5 nitrogen and oxygen atoms in total. The number of methoxy groups -OCH3 is 1. The fourth-order valence-electron chi connectivity index (χ4n) is 2.53. The smallest absolute Gasteiger partial charge is 0.264 e. The molecule has 0 spiro atoms. The molecule has 1 amide bonds. The lowest BCUT2D eigenvalue weighted by atomic mass is 10.0. The topological polar surface area (TPSA) is 60.5 Å². The Labute approximate surface area is 156 Å². The van der Waals surface area contributed by atoms with Crippen LogP contribution in [-0.4, -0.2) is 24.6 Å². The Balaban J connectivity index is 1.58. The molecule has 3 aromatic rings. The van der Waals surface area contributed by atoms with Gasteiger partial charge < -0.3 is 9.47 Å². The third-order valence-electron chi connectivity index (χ3n) is 3.84. The van der Waals surface area contributed by atoms with Crippen LogP contribution in [0.1, 0.15) is 11.1 Å². The van der Waals surface area contributed by atoms with E-state index in [2.05, 4.69) is 42.3 Å². The fraction of sp³-hybridized carbons (Fsp3) is 0.200. The van der Waals surface area contributed by atoms with Gasteiger partial charge in [-0.2, -0.15) is 0 Å². The number of aryl methyl sites for hydroxylation is 2. The molecule has 0 unspecified atom stereocenters. The Morgan fingerprint density at radius 3 is 2.54 bits per heavy atom. The van der Waals surface area contributed by atoms with Crippen LogP contribution < -0.4 is 14.8 Å². The minimum absolute atomic E-state index is 0.0786. The molecule has 0 fully saturated rings. The molecule has 0 aliphatic carbocycles. The van der Waals surface area contributed by atoms with Gasteiger partial charge in [0.15, 0.2) is 11.7 Å². The molecule has 0 bridgehead atoms. The predicted octanol–water partition coefficient (Wildman–Crippen LogP) is 4.45. The highest BCUT2D eigenvalue weighted by atomic mass is 32.1. The average Bonchev–Trinajstić information content (AvgIpc) is 3.08.